The van der Waals surface area contributed by atoms with Crippen molar-refractivity contribution in [1.29, 1.82) is 0 Å². The summed E-state index contributed by atoms with van der Waals surface area (Å²) in [5, 5.41) is 19.5. The van der Waals surface area contributed by atoms with Crippen molar-refractivity contribution < 1.29 is 19.2 Å². The van der Waals surface area contributed by atoms with Crippen molar-refractivity contribution in [2.75, 3.05) is 5.32 Å². The molecule has 2 N–H and O–H groups in total. The second kappa shape index (κ2) is 5.63. The Morgan fingerprint density at radius 2 is 2.09 bits per heavy atom. The Morgan fingerprint density at radius 3 is 2.64 bits per heavy atom. The average Bonchev–Trinajstić information content (AvgIpc) is 3.07. The number of carboxylic acids is 1. The summed E-state index contributed by atoms with van der Waals surface area (Å²) in [7, 11) is 0. The van der Waals surface area contributed by atoms with Crippen LogP contribution >= 0.6 is 0 Å². The Hall–Kier alpha value is -2.64. The fourth-order valence-electron chi connectivity index (χ4n) is 1.65. The van der Waals surface area contributed by atoms with E-state index >= 15 is 0 Å². The lowest BCUT2D eigenvalue weighted by atomic mass is 10.1. The Morgan fingerprint density at radius 1 is 1.41 bits per heavy atom. The number of carbonyl (C=O) groups excluding carboxylic acids is 1. The van der Waals surface area contributed by atoms with E-state index in [4.69, 9.17) is 9.63 Å². The lowest BCUT2D eigenvalue weighted by Gasteiger charge is -2.19. The van der Waals surface area contributed by atoms with E-state index < -0.39 is 17.4 Å². The van der Waals surface area contributed by atoms with Gasteiger partial charge in [0.25, 0.3) is 5.91 Å². The number of hydrogen-bond acceptors (Lipinski definition) is 5. The molecule has 0 unspecified atom stereocenters. The summed E-state index contributed by atoms with van der Waals surface area (Å²) in [6, 6.07) is 1.58. The molecule has 22 heavy (non-hydrogen) atoms. The topological polar surface area (TPSA) is 110 Å². The zero-order chi connectivity index (χ0) is 16.5. The lowest BCUT2D eigenvalue weighted by Crippen LogP contribution is -2.35. The van der Waals surface area contributed by atoms with E-state index in [9.17, 15) is 9.59 Å². The molecule has 0 atom stereocenters. The molecular weight excluding hydrogens is 288 g/mol. The van der Waals surface area contributed by atoms with Crippen LogP contribution in [0.25, 0.3) is 0 Å². The van der Waals surface area contributed by atoms with E-state index in [-0.39, 0.29) is 11.7 Å². The second-order valence-corrected chi connectivity index (χ2v) is 5.76. The normalized spacial score (nSPS) is 11.7. The van der Waals surface area contributed by atoms with Gasteiger partial charge in [-0.15, -0.1) is 0 Å². The van der Waals surface area contributed by atoms with Gasteiger partial charge in [-0.3, -0.25) is 9.48 Å². The molecule has 2 rings (SSSR count). The molecular formula is C14H18N4O4. The predicted octanol–water partition coefficient (Wildman–Crippen LogP) is 2.07. The van der Waals surface area contributed by atoms with Gasteiger partial charge in [-0.25, -0.2) is 4.79 Å². The fourth-order valence-corrected chi connectivity index (χ4v) is 1.65. The van der Waals surface area contributed by atoms with E-state index in [0.29, 0.717) is 11.4 Å². The lowest BCUT2D eigenvalue weighted by molar-refractivity contribution is -0.146. The van der Waals surface area contributed by atoms with Crippen LogP contribution in [-0.4, -0.2) is 31.9 Å². The molecule has 0 fully saturated rings. The van der Waals surface area contributed by atoms with Crippen LogP contribution in [0.2, 0.25) is 0 Å². The molecule has 0 bridgehead atoms. The maximum Gasteiger partial charge on any atom is 0.331 e. The van der Waals surface area contributed by atoms with Gasteiger partial charge in [-0.1, -0.05) is 19.0 Å². The highest BCUT2D eigenvalue weighted by molar-refractivity contribution is 6.02. The molecule has 8 heteroatoms. The first-order valence-electron chi connectivity index (χ1n) is 6.78. The van der Waals surface area contributed by atoms with E-state index in [0.717, 1.165) is 0 Å². The van der Waals surface area contributed by atoms with Crippen LogP contribution in [0.15, 0.2) is 23.0 Å². The molecule has 0 aliphatic heterocycles. The van der Waals surface area contributed by atoms with Crippen molar-refractivity contribution in [3.05, 3.63) is 29.9 Å². The largest absolute Gasteiger partial charge is 0.479 e. The van der Waals surface area contributed by atoms with Gasteiger partial charge in [0.15, 0.2) is 5.54 Å². The molecule has 0 saturated carbocycles. The van der Waals surface area contributed by atoms with Gasteiger partial charge in [0.2, 0.25) is 5.76 Å². The highest BCUT2D eigenvalue weighted by Gasteiger charge is 2.30. The number of aliphatic carboxylic acids is 1. The SMILES string of the molecule is CC(C)c1cc(C(=O)Nc2cnn(C(C)(C)C(=O)O)c2)on1. The van der Waals surface area contributed by atoms with Crippen LogP contribution in [0, 0.1) is 0 Å². The third-order valence-electron chi connectivity index (χ3n) is 3.28. The molecule has 0 radical (unpaired) electrons. The molecule has 0 aliphatic rings. The predicted molar refractivity (Wildman–Crippen MR) is 77.7 cm³/mol. The summed E-state index contributed by atoms with van der Waals surface area (Å²) in [4.78, 5) is 23.2. The number of carboxylic acid groups (broad SMARTS) is 1. The first-order valence-corrected chi connectivity index (χ1v) is 6.78. The van der Waals surface area contributed by atoms with Gasteiger partial charge in [-0.2, -0.15) is 5.10 Å². The monoisotopic (exact) mass is 306 g/mol. The van der Waals surface area contributed by atoms with Crippen molar-refractivity contribution in [2.24, 2.45) is 0 Å². The standard InChI is InChI=1S/C14H18N4O4/c1-8(2)10-5-11(22-17-10)12(19)16-9-6-15-18(7-9)14(3,4)13(20)21/h5-8H,1-4H3,(H,16,19)(H,20,21). The first kappa shape index (κ1) is 15.7. The Labute approximate surface area is 127 Å². The smallest absolute Gasteiger partial charge is 0.331 e. The highest BCUT2D eigenvalue weighted by atomic mass is 16.5. The number of nitrogens with one attached hydrogen (secondary N) is 1. The summed E-state index contributed by atoms with van der Waals surface area (Å²) in [5.74, 6) is -1.24. The molecule has 0 aliphatic carbocycles. The average molecular weight is 306 g/mol. The first-order chi connectivity index (χ1) is 10.2. The zero-order valence-corrected chi connectivity index (χ0v) is 12.8. The molecule has 2 heterocycles. The molecule has 2 aromatic rings. The van der Waals surface area contributed by atoms with Crippen molar-refractivity contribution in [2.45, 2.75) is 39.2 Å². The molecule has 0 aromatic carbocycles. The fraction of sp³-hybridized carbons (Fsp3) is 0.429. The molecule has 0 spiro atoms. The Bertz CT molecular complexity index is 699. The molecule has 1 amide bonds. The van der Waals surface area contributed by atoms with Crippen molar-refractivity contribution in [3.63, 3.8) is 0 Å². The van der Waals surface area contributed by atoms with E-state index in [1.54, 1.807) is 6.07 Å². The molecule has 0 saturated heterocycles. The summed E-state index contributed by atoms with van der Waals surface area (Å²) in [6.45, 7) is 6.91. The van der Waals surface area contributed by atoms with E-state index in [2.05, 4.69) is 15.6 Å². The van der Waals surface area contributed by atoms with Crippen LogP contribution in [0.1, 0.15) is 49.9 Å². The molecule has 2 aromatic heterocycles. The number of carbonyl (C=O) groups is 2. The van der Waals surface area contributed by atoms with Crippen molar-refractivity contribution in [1.82, 2.24) is 14.9 Å². The zero-order valence-electron chi connectivity index (χ0n) is 12.8. The van der Waals surface area contributed by atoms with E-state index in [1.165, 1.54) is 30.9 Å². The van der Waals surface area contributed by atoms with Gasteiger partial charge in [0, 0.05) is 12.3 Å². The van der Waals surface area contributed by atoms with Crippen molar-refractivity contribution in [3.8, 4) is 0 Å². The number of rotatable bonds is 5. The molecule has 8 nitrogen and oxygen atoms in total. The number of nitrogens with zero attached hydrogens (tertiary/aromatic N) is 3. The van der Waals surface area contributed by atoms with Gasteiger partial charge >= 0.3 is 5.97 Å². The van der Waals surface area contributed by atoms with Gasteiger partial charge in [0.1, 0.15) is 0 Å². The third-order valence-corrected chi connectivity index (χ3v) is 3.28. The minimum Gasteiger partial charge on any atom is -0.479 e. The van der Waals surface area contributed by atoms with Crippen LogP contribution in [0.4, 0.5) is 5.69 Å². The maximum atomic E-state index is 12.0. The van der Waals surface area contributed by atoms with Gasteiger partial charge < -0.3 is 14.9 Å². The quantitative estimate of drug-likeness (QED) is 0.875. The summed E-state index contributed by atoms with van der Waals surface area (Å²) < 4.78 is 6.26. The van der Waals surface area contributed by atoms with Crippen LogP contribution < -0.4 is 5.32 Å². The highest BCUT2D eigenvalue weighted by Crippen LogP contribution is 2.19. The minimum absolute atomic E-state index is 0.0916. The van der Waals surface area contributed by atoms with Crippen LogP contribution in [-0.2, 0) is 10.3 Å². The maximum absolute atomic E-state index is 12.0. The number of anilines is 1. The van der Waals surface area contributed by atoms with Crippen LogP contribution in [0.5, 0.6) is 0 Å². The number of aromatic nitrogens is 3. The minimum atomic E-state index is -1.21. The van der Waals surface area contributed by atoms with E-state index in [1.807, 2.05) is 13.8 Å². The molecule has 118 valence electrons. The van der Waals surface area contributed by atoms with Gasteiger partial charge in [0.05, 0.1) is 17.6 Å². The summed E-state index contributed by atoms with van der Waals surface area (Å²) >= 11 is 0. The van der Waals surface area contributed by atoms with Crippen LogP contribution in [0.3, 0.4) is 0 Å². The third kappa shape index (κ3) is 3.00. The van der Waals surface area contributed by atoms with Crippen molar-refractivity contribution >= 4 is 17.6 Å². The summed E-state index contributed by atoms with van der Waals surface area (Å²) in [5.41, 5.74) is -0.144. The Balaban J connectivity index is 2.12. The second-order valence-electron chi connectivity index (χ2n) is 5.76. The van der Waals surface area contributed by atoms with Gasteiger partial charge in [-0.05, 0) is 19.8 Å². The number of amides is 1. The number of hydrogen-bond donors (Lipinski definition) is 2. The summed E-state index contributed by atoms with van der Waals surface area (Å²) in [6.07, 6.45) is 2.83. The Kier molecular flexibility index (Phi) is 4.03.